The van der Waals surface area contributed by atoms with Gasteiger partial charge in [-0.1, -0.05) is 84.9 Å². The van der Waals surface area contributed by atoms with Crippen LogP contribution in [-0.2, 0) is 17.3 Å². The van der Waals surface area contributed by atoms with Crippen LogP contribution in [0.1, 0.15) is 42.4 Å². The number of carbonyl (C=O) groups is 2. The summed E-state index contributed by atoms with van der Waals surface area (Å²) in [5.41, 5.74) is 0.978. The van der Waals surface area contributed by atoms with Crippen molar-refractivity contribution in [3.63, 3.8) is 0 Å². The SMILES string of the molecule is COC(=O)c1c(C(=O)c2ccccc2)sc2c(-c3ccc(C(F)(F)F)cc3)c(Cc3cccc4ccccc34)cc(=O)n12. The number of hydrogen-bond donors (Lipinski definition) is 0. The molecule has 2 aromatic heterocycles. The molecule has 0 unspecified atom stereocenters. The minimum absolute atomic E-state index is 0.00868. The lowest BCUT2D eigenvalue weighted by Gasteiger charge is -2.15. The predicted octanol–water partition coefficient (Wildman–Crippen LogP) is 7.81. The first-order valence-electron chi connectivity index (χ1n) is 13.2. The summed E-state index contributed by atoms with van der Waals surface area (Å²) in [5, 5.41) is 1.96. The number of pyridine rings is 1. The minimum Gasteiger partial charge on any atom is -0.464 e. The van der Waals surface area contributed by atoms with E-state index in [-0.39, 0.29) is 21.8 Å². The van der Waals surface area contributed by atoms with Crippen LogP contribution in [-0.4, -0.2) is 23.3 Å². The molecule has 214 valence electrons. The highest BCUT2D eigenvalue weighted by Crippen LogP contribution is 2.38. The van der Waals surface area contributed by atoms with Gasteiger partial charge in [0.15, 0.2) is 5.69 Å². The molecule has 6 aromatic rings. The Labute approximate surface area is 247 Å². The van der Waals surface area contributed by atoms with E-state index in [2.05, 4.69) is 0 Å². The van der Waals surface area contributed by atoms with Crippen LogP contribution < -0.4 is 5.56 Å². The number of fused-ring (bicyclic) bond motifs is 2. The summed E-state index contributed by atoms with van der Waals surface area (Å²) in [5.74, 6) is -1.36. The lowest BCUT2D eigenvalue weighted by molar-refractivity contribution is -0.137. The van der Waals surface area contributed by atoms with Gasteiger partial charge in [0, 0.05) is 17.2 Å². The summed E-state index contributed by atoms with van der Waals surface area (Å²) < 4.78 is 46.5. The van der Waals surface area contributed by atoms with Crippen LogP contribution in [0.5, 0.6) is 0 Å². The van der Waals surface area contributed by atoms with Crippen LogP contribution in [0.3, 0.4) is 0 Å². The Hall–Kier alpha value is -5.02. The predicted molar refractivity (Wildman–Crippen MR) is 160 cm³/mol. The van der Waals surface area contributed by atoms with Crippen molar-refractivity contribution in [2.24, 2.45) is 0 Å². The van der Waals surface area contributed by atoms with Gasteiger partial charge in [0.2, 0.25) is 5.78 Å². The molecule has 6 rings (SSSR count). The molecule has 0 amide bonds. The second-order valence-electron chi connectivity index (χ2n) is 9.88. The van der Waals surface area contributed by atoms with Gasteiger partial charge in [-0.05, 0) is 46.0 Å². The molecule has 0 aliphatic heterocycles. The molecule has 4 aromatic carbocycles. The number of halogens is 3. The number of rotatable bonds is 6. The van der Waals surface area contributed by atoms with Gasteiger partial charge in [0.1, 0.15) is 9.71 Å². The van der Waals surface area contributed by atoms with Crippen molar-refractivity contribution >= 4 is 38.7 Å². The molecule has 0 aliphatic carbocycles. The molecule has 5 nitrogen and oxygen atoms in total. The van der Waals surface area contributed by atoms with Crippen molar-refractivity contribution in [1.82, 2.24) is 4.40 Å². The number of aromatic nitrogens is 1. The van der Waals surface area contributed by atoms with Crippen LogP contribution in [0, 0.1) is 0 Å². The van der Waals surface area contributed by atoms with Crippen LogP contribution in [0.25, 0.3) is 26.7 Å². The number of hydrogen-bond acceptors (Lipinski definition) is 5. The third-order valence-electron chi connectivity index (χ3n) is 7.28. The first-order valence-corrected chi connectivity index (χ1v) is 14.0. The lowest BCUT2D eigenvalue weighted by Crippen LogP contribution is -2.21. The van der Waals surface area contributed by atoms with Gasteiger partial charge in [-0.2, -0.15) is 13.2 Å². The second kappa shape index (κ2) is 11.0. The summed E-state index contributed by atoms with van der Waals surface area (Å²) in [6.45, 7) is 0. The van der Waals surface area contributed by atoms with Crippen molar-refractivity contribution in [1.29, 1.82) is 0 Å². The van der Waals surface area contributed by atoms with Crippen LogP contribution >= 0.6 is 11.3 Å². The van der Waals surface area contributed by atoms with E-state index in [9.17, 15) is 27.6 Å². The molecular formula is C34H22F3NO4S. The average molecular weight is 598 g/mol. The van der Waals surface area contributed by atoms with E-state index in [0.29, 0.717) is 22.3 Å². The molecule has 0 spiro atoms. The maximum atomic E-state index is 13.7. The van der Waals surface area contributed by atoms with Crippen molar-refractivity contribution in [2.75, 3.05) is 7.11 Å². The molecule has 0 saturated heterocycles. The van der Waals surface area contributed by atoms with E-state index in [4.69, 9.17) is 4.74 Å². The van der Waals surface area contributed by atoms with Gasteiger partial charge in [-0.3, -0.25) is 14.0 Å². The van der Waals surface area contributed by atoms with Crippen molar-refractivity contribution in [2.45, 2.75) is 12.6 Å². The van der Waals surface area contributed by atoms with E-state index in [1.54, 1.807) is 30.3 Å². The number of ether oxygens (including phenoxy) is 1. The highest BCUT2D eigenvalue weighted by Gasteiger charge is 2.32. The van der Waals surface area contributed by atoms with Crippen molar-refractivity contribution in [3.8, 4) is 11.1 Å². The van der Waals surface area contributed by atoms with Crippen molar-refractivity contribution in [3.05, 3.63) is 146 Å². The monoisotopic (exact) mass is 597 g/mol. The average Bonchev–Trinajstić information content (AvgIpc) is 3.42. The molecule has 2 heterocycles. The smallest absolute Gasteiger partial charge is 0.416 e. The van der Waals surface area contributed by atoms with Gasteiger partial charge in [0.05, 0.1) is 12.7 Å². The number of nitrogens with zero attached hydrogens (tertiary/aromatic N) is 1. The zero-order chi connectivity index (χ0) is 30.3. The Balaban J connectivity index is 1.66. The summed E-state index contributed by atoms with van der Waals surface area (Å²) in [6, 6.07) is 27.9. The molecule has 43 heavy (non-hydrogen) atoms. The van der Waals surface area contributed by atoms with Gasteiger partial charge < -0.3 is 4.74 Å². The fourth-order valence-electron chi connectivity index (χ4n) is 5.27. The fourth-order valence-corrected chi connectivity index (χ4v) is 6.57. The highest BCUT2D eigenvalue weighted by molar-refractivity contribution is 7.20. The lowest BCUT2D eigenvalue weighted by atomic mass is 9.93. The Kier molecular flexibility index (Phi) is 7.19. The summed E-state index contributed by atoms with van der Waals surface area (Å²) >= 11 is 0.935. The summed E-state index contributed by atoms with van der Waals surface area (Å²) in [4.78, 5) is 40.7. The topological polar surface area (TPSA) is 64.9 Å². The maximum absolute atomic E-state index is 13.7. The Morgan fingerprint density at radius 1 is 0.837 bits per heavy atom. The Morgan fingerprint density at radius 3 is 2.21 bits per heavy atom. The molecule has 0 aliphatic rings. The van der Waals surface area contributed by atoms with Crippen LogP contribution in [0.15, 0.2) is 108 Å². The number of ketones is 1. The standard InChI is InChI=1S/C34H22F3NO4S/c1-42-33(41)29-31(30(40)22-9-3-2-4-10-22)43-32-28(21-14-16-25(17-15-21)34(35,36)37)24(19-27(39)38(29)32)18-23-12-7-11-20-8-5-6-13-26(20)23/h2-17,19H,18H2,1H3. The first kappa shape index (κ1) is 28.1. The largest absolute Gasteiger partial charge is 0.464 e. The third-order valence-corrected chi connectivity index (χ3v) is 8.44. The molecule has 0 saturated carbocycles. The number of esters is 1. The number of thiazole rings is 1. The normalized spacial score (nSPS) is 11.6. The zero-order valence-electron chi connectivity index (χ0n) is 22.6. The molecular weight excluding hydrogens is 575 g/mol. The number of methoxy groups -OCH3 is 1. The van der Waals surface area contributed by atoms with Crippen LogP contribution in [0.4, 0.5) is 13.2 Å². The van der Waals surface area contributed by atoms with E-state index < -0.39 is 29.1 Å². The summed E-state index contributed by atoms with van der Waals surface area (Å²) in [6.07, 6.45) is -4.26. The van der Waals surface area contributed by atoms with E-state index in [1.807, 2.05) is 42.5 Å². The second-order valence-corrected chi connectivity index (χ2v) is 10.9. The number of alkyl halides is 3. The quantitative estimate of drug-likeness (QED) is 0.145. The molecule has 0 bridgehead atoms. The molecule has 0 atom stereocenters. The maximum Gasteiger partial charge on any atom is 0.416 e. The van der Waals surface area contributed by atoms with Gasteiger partial charge in [0.25, 0.3) is 5.56 Å². The Morgan fingerprint density at radius 2 is 1.51 bits per heavy atom. The van der Waals surface area contributed by atoms with Crippen molar-refractivity contribution < 1.29 is 27.5 Å². The number of benzene rings is 4. The summed E-state index contributed by atoms with van der Waals surface area (Å²) in [7, 11) is 1.15. The Bertz CT molecular complexity index is 2070. The van der Waals surface area contributed by atoms with Gasteiger partial charge in [-0.15, -0.1) is 11.3 Å². The molecule has 0 N–H and O–H groups in total. The van der Waals surface area contributed by atoms with Gasteiger partial charge in [-0.25, -0.2) is 4.79 Å². The molecule has 0 fully saturated rings. The fraction of sp³-hybridized carbons (Fsp3) is 0.0882. The minimum atomic E-state index is -4.54. The molecule has 0 radical (unpaired) electrons. The zero-order valence-corrected chi connectivity index (χ0v) is 23.5. The molecule has 9 heteroatoms. The number of carbonyl (C=O) groups excluding carboxylic acids is 2. The first-order chi connectivity index (χ1) is 20.7. The van der Waals surface area contributed by atoms with E-state index in [0.717, 1.165) is 51.3 Å². The van der Waals surface area contributed by atoms with E-state index >= 15 is 0 Å². The van der Waals surface area contributed by atoms with Crippen LogP contribution in [0.2, 0.25) is 0 Å². The highest BCUT2D eigenvalue weighted by atomic mass is 32.1. The third kappa shape index (κ3) is 5.12. The van der Waals surface area contributed by atoms with Gasteiger partial charge >= 0.3 is 12.1 Å². The van der Waals surface area contributed by atoms with E-state index in [1.165, 1.54) is 18.2 Å².